The van der Waals surface area contributed by atoms with Gasteiger partial charge in [0.25, 0.3) is 0 Å². The number of hydrogen-bond donors (Lipinski definition) is 2. The van der Waals surface area contributed by atoms with E-state index in [1.165, 1.54) is 38.5 Å². The highest BCUT2D eigenvalue weighted by Crippen LogP contribution is 2.45. The Kier molecular flexibility index (Phi) is 4.16. The van der Waals surface area contributed by atoms with Crippen molar-refractivity contribution in [3.05, 3.63) is 23.2 Å². The Bertz CT molecular complexity index is 561. The molecule has 0 radical (unpaired) electrons. The van der Waals surface area contributed by atoms with Gasteiger partial charge in [0, 0.05) is 24.2 Å². The molecule has 1 saturated carbocycles. The van der Waals surface area contributed by atoms with Crippen molar-refractivity contribution in [2.24, 2.45) is 5.41 Å². The zero-order chi connectivity index (χ0) is 15.9. The average molecular weight is 336 g/mol. The second kappa shape index (κ2) is 6.15. The van der Waals surface area contributed by atoms with Gasteiger partial charge in [-0.2, -0.15) is 0 Å². The van der Waals surface area contributed by atoms with E-state index >= 15 is 0 Å². The van der Waals surface area contributed by atoms with E-state index in [0.717, 1.165) is 35.6 Å². The summed E-state index contributed by atoms with van der Waals surface area (Å²) in [6, 6.07) is 6.52. The van der Waals surface area contributed by atoms with Crippen molar-refractivity contribution in [2.75, 3.05) is 25.5 Å². The molecule has 2 heterocycles. The lowest BCUT2D eigenvalue weighted by molar-refractivity contribution is -0.00977. The number of benzene rings is 1. The highest BCUT2D eigenvalue weighted by molar-refractivity contribution is 6.30. The Hall–Kier alpha value is -0.970. The van der Waals surface area contributed by atoms with Crippen LogP contribution >= 0.6 is 11.6 Å². The molecule has 0 amide bonds. The van der Waals surface area contributed by atoms with Gasteiger partial charge in [0.15, 0.2) is 0 Å². The Morgan fingerprint density at radius 1 is 1.22 bits per heavy atom. The summed E-state index contributed by atoms with van der Waals surface area (Å²) >= 11 is 6.06. The molecule has 3 aliphatic rings. The quantitative estimate of drug-likeness (QED) is 0.864. The van der Waals surface area contributed by atoms with E-state index in [1.54, 1.807) is 0 Å². The van der Waals surface area contributed by atoms with Gasteiger partial charge < -0.3 is 15.4 Å². The van der Waals surface area contributed by atoms with Crippen LogP contribution in [0.4, 0.5) is 5.69 Å². The predicted octanol–water partition coefficient (Wildman–Crippen LogP) is 3.67. The summed E-state index contributed by atoms with van der Waals surface area (Å²) in [7, 11) is 2.10. The number of nitrogens with zero attached hydrogens (tertiary/aromatic N) is 1. The summed E-state index contributed by atoms with van der Waals surface area (Å²) in [5.74, 6) is 0.911. The summed E-state index contributed by atoms with van der Waals surface area (Å²) in [5, 5.41) is 7.65. The van der Waals surface area contributed by atoms with Crippen LogP contribution < -0.4 is 15.4 Å². The minimum absolute atomic E-state index is 0.0329. The van der Waals surface area contributed by atoms with Crippen LogP contribution in [0.5, 0.6) is 5.75 Å². The summed E-state index contributed by atoms with van der Waals surface area (Å²) in [6.45, 7) is 2.23. The number of piperidine rings is 1. The van der Waals surface area contributed by atoms with Gasteiger partial charge in [-0.15, -0.1) is 0 Å². The van der Waals surface area contributed by atoms with E-state index in [9.17, 15) is 0 Å². The van der Waals surface area contributed by atoms with Crippen LogP contribution in [0.25, 0.3) is 0 Å². The van der Waals surface area contributed by atoms with Crippen LogP contribution in [0.15, 0.2) is 18.2 Å². The first-order valence-electron chi connectivity index (χ1n) is 8.82. The van der Waals surface area contributed by atoms with Crippen molar-refractivity contribution in [1.29, 1.82) is 0 Å². The number of anilines is 1. The number of nitrogens with one attached hydrogen (secondary N) is 2. The van der Waals surface area contributed by atoms with Crippen LogP contribution in [0.1, 0.15) is 38.5 Å². The molecule has 1 spiro atoms. The monoisotopic (exact) mass is 335 g/mol. The smallest absolute Gasteiger partial charge is 0.230 e. The third-order valence-corrected chi connectivity index (χ3v) is 6.34. The molecule has 1 unspecified atom stereocenters. The van der Waals surface area contributed by atoms with Crippen LogP contribution in [0.3, 0.4) is 0 Å². The fourth-order valence-electron chi connectivity index (χ4n) is 4.42. The lowest BCUT2D eigenvalue weighted by Gasteiger charge is -2.46. The molecule has 1 aromatic carbocycles. The SMILES string of the molecule is CNC1CCC2(CC1)CCN(C1Nc3cc(Cl)ccc3O1)CC2. The molecular formula is C18H26ClN3O. The van der Waals surface area contributed by atoms with Crippen molar-refractivity contribution >= 4 is 17.3 Å². The summed E-state index contributed by atoms with van der Waals surface area (Å²) in [4.78, 5) is 2.43. The molecule has 4 nitrogen and oxygen atoms in total. The third-order valence-electron chi connectivity index (χ3n) is 6.10. The van der Waals surface area contributed by atoms with E-state index in [0.29, 0.717) is 5.41 Å². The highest BCUT2D eigenvalue weighted by atomic mass is 35.5. The number of rotatable bonds is 2. The first-order chi connectivity index (χ1) is 11.2. The number of ether oxygens (including phenoxy) is 1. The fraction of sp³-hybridized carbons (Fsp3) is 0.667. The van der Waals surface area contributed by atoms with Crippen LogP contribution in [-0.4, -0.2) is 37.4 Å². The normalized spacial score (nSPS) is 27.5. The molecule has 5 heteroatoms. The zero-order valence-corrected chi connectivity index (χ0v) is 14.5. The zero-order valence-electron chi connectivity index (χ0n) is 13.8. The predicted molar refractivity (Wildman–Crippen MR) is 94.0 cm³/mol. The van der Waals surface area contributed by atoms with E-state index in [-0.39, 0.29) is 6.35 Å². The lowest BCUT2D eigenvalue weighted by Crippen LogP contribution is -2.50. The Balaban J connectivity index is 1.34. The van der Waals surface area contributed by atoms with Crippen molar-refractivity contribution in [1.82, 2.24) is 10.2 Å². The Morgan fingerprint density at radius 3 is 2.65 bits per heavy atom. The first kappa shape index (κ1) is 15.6. The fourth-order valence-corrected chi connectivity index (χ4v) is 4.59. The number of halogens is 1. The molecule has 2 fully saturated rings. The van der Waals surface area contributed by atoms with Gasteiger partial charge in [-0.1, -0.05) is 11.6 Å². The van der Waals surface area contributed by atoms with Gasteiger partial charge in [-0.3, -0.25) is 4.90 Å². The molecule has 126 valence electrons. The molecule has 2 N–H and O–H groups in total. The van der Waals surface area contributed by atoms with Gasteiger partial charge in [-0.05, 0) is 69.2 Å². The molecule has 1 aliphatic carbocycles. The highest BCUT2D eigenvalue weighted by Gasteiger charge is 2.40. The van der Waals surface area contributed by atoms with Gasteiger partial charge >= 0.3 is 0 Å². The summed E-state index contributed by atoms with van der Waals surface area (Å²) in [5.41, 5.74) is 1.59. The van der Waals surface area contributed by atoms with Gasteiger partial charge in [0.05, 0.1) is 5.69 Å². The molecule has 1 saturated heterocycles. The largest absolute Gasteiger partial charge is 0.455 e. The molecule has 2 aliphatic heterocycles. The molecule has 1 atom stereocenters. The lowest BCUT2D eigenvalue weighted by atomic mass is 9.67. The molecule has 23 heavy (non-hydrogen) atoms. The van der Waals surface area contributed by atoms with Crippen molar-refractivity contribution in [2.45, 2.75) is 50.9 Å². The Labute approximate surface area is 143 Å². The van der Waals surface area contributed by atoms with E-state index in [4.69, 9.17) is 16.3 Å². The van der Waals surface area contributed by atoms with E-state index in [1.807, 2.05) is 18.2 Å². The van der Waals surface area contributed by atoms with Crippen molar-refractivity contribution in [3.63, 3.8) is 0 Å². The average Bonchev–Trinajstić information content (AvgIpc) is 2.99. The van der Waals surface area contributed by atoms with Crippen molar-refractivity contribution in [3.8, 4) is 5.75 Å². The maximum absolute atomic E-state index is 6.06. The van der Waals surface area contributed by atoms with Crippen LogP contribution in [0, 0.1) is 5.41 Å². The topological polar surface area (TPSA) is 36.5 Å². The van der Waals surface area contributed by atoms with Gasteiger partial charge in [0.1, 0.15) is 5.75 Å². The number of hydrogen-bond acceptors (Lipinski definition) is 4. The summed E-state index contributed by atoms with van der Waals surface area (Å²) < 4.78 is 6.06. The second-order valence-corrected chi connectivity index (χ2v) is 7.79. The maximum Gasteiger partial charge on any atom is 0.230 e. The van der Waals surface area contributed by atoms with Crippen LogP contribution in [0.2, 0.25) is 5.02 Å². The number of fused-ring (bicyclic) bond motifs is 1. The minimum atomic E-state index is -0.0329. The Morgan fingerprint density at radius 2 is 1.96 bits per heavy atom. The molecule has 1 aromatic rings. The third kappa shape index (κ3) is 3.04. The van der Waals surface area contributed by atoms with Gasteiger partial charge in [0.2, 0.25) is 6.35 Å². The molecule has 0 aromatic heterocycles. The molecule has 0 bridgehead atoms. The maximum atomic E-state index is 6.06. The molecule has 4 rings (SSSR count). The van der Waals surface area contributed by atoms with E-state index < -0.39 is 0 Å². The number of likely N-dealkylation sites (tertiary alicyclic amines) is 1. The minimum Gasteiger partial charge on any atom is -0.455 e. The van der Waals surface area contributed by atoms with Crippen molar-refractivity contribution < 1.29 is 4.74 Å². The second-order valence-electron chi connectivity index (χ2n) is 7.35. The van der Waals surface area contributed by atoms with Crippen LogP contribution in [-0.2, 0) is 0 Å². The van der Waals surface area contributed by atoms with Gasteiger partial charge in [-0.25, -0.2) is 0 Å². The standard InChI is InChI=1S/C18H26ClN3O/c1-20-14-4-6-18(7-5-14)8-10-22(11-9-18)17-21-15-12-13(19)2-3-16(15)23-17/h2-3,12,14,17,20-21H,4-11H2,1H3. The summed E-state index contributed by atoms with van der Waals surface area (Å²) in [6.07, 6.45) is 7.97. The molecular weight excluding hydrogens is 310 g/mol. The van der Waals surface area contributed by atoms with E-state index in [2.05, 4.69) is 22.6 Å². The first-order valence-corrected chi connectivity index (χ1v) is 9.19.